The highest BCUT2D eigenvalue weighted by molar-refractivity contribution is 5.87. The Hall–Kier alpha value is -1.65. The van der Waals surface area contributed by atoms with E-state index in [1.54, 1.807) is 17.2 Å². The highest BCUT2D eigenvalue weighted by atomic mass is 16.2. The van der Waals surface area contributed by atoms with Gasteiger partial charge in [-0.2, -0.15) is 0 Å². The zero-order valence-electron chi connectivity index (χ0n) is 19.5. The summed E-state index contributed by atoms with van der Waals surface area (Å²) in [4.78, 5) is 19.8. The SMILES string of the molecule is CC(C)/C=C/C(=O)N(CCCN(C)C)CC1CCN(C2Cc3ccccc3C2)CC1. The number of likely N-dealkylation sites (tertiary alicyclic amines) is 1. The third-order valence-corrected chi connectivity index (χ3v) is 6.64. The van der Waals surface area contributed by atoms with E-state index in [4.69, 9.17) is 0 Å². The molecule has 0 saturated carbocycles. The fourth-order valence-corrected chi connectivity index (χ4v) is 4.86. The minimum atomic E-state index is 0.191. The summed E-state index contributed by atoms with van der Waals surface area (Å²) in [6.07, 6.45) is 9.68. The van der Waals surface area contributed by atoms with Crippen LogP contribution in [0.3, 0.4) is 0 Å². The minimum absolute atomic E-state index is 0.191. The Balaban J connectivity index is 1.50. The molecule has 0 bridgehead atoms. The first-order chi connectivity index (χ1) is 14.4. The molecule has 0 radical (unpaired) electrons. The summed E-state index contributed by atoms with van der Waals surface area (Å²) in [5.74, 6) is 1.23. The number of piperidine rings is 1. The number of hydrogen-bond donors (Lipinski definition) is 0. The minimum Gasteiger partial charge on any atom is -0.339 e. The van der Waals surface area contributed by atoms with Crippen LogP contribution in [0.1, 0.15) is 44.2 Å². The quantitative estimate of drug-likeness (QED) is 0.578. The van der Waals surface area contributed by atoms with Crippen molar-refractivity contribution in [2.24, 2.45) is 11.8 Å². The van der Waals surface area contributed by atoms with Crippen molar-refractivity contribution >= 4 is 5.91 Å². The van der Waals surface area contributed by atoms with E-state index in [1.165, 1.54) is 38.8 Å². The summed E-state index contributed by atoms with van der Waals surface area (Å²) in [5, 5.41) is 0. The molecule has 4 heteroatoms. The molecule has 3 rings (SSSR count). The van der Waals surface area contributed by atoms with Crippen LogP contribution < -0.4 is 0 Å². The molecule has 0 spiro atoms. The van der Waals surface area contributed by atoms with Crippen molar-refractivity contribution in [3.8, 4) is 0 Å². The molecule has 1 amide bonds. The van der Waals surface area contributed by atoms with Crippen LogP contribution >= 0.6 is 0 Å². The molecule has 1 heterocycles. The van der Waals surface area contributed by atoms with E-state index in [2.05, 4.69) is 66.9 Å². The van der Waals surface area contributed by atoms with Crippen LogP contribution in [0, 0.1) is 11.8 Å². The molecule has 1 aromatic rings. The Labute approximate surface area is 183 Å². The lowest BCUT2D eigenvalue weighted by Crippen LogP contribution is -2.45. The van der Waals surface area contributed by atoms with Gasteiger partial charge in [0.2, 0.25) is 5.91 Å². The Morgan fingerprint density at radius 1 is 1.10 bits per heavy atom. The first-order valence-electron chi connectivity index (χ1n) is 11.8. The summed E-state index contributed by atoms with van der Waals surface area (Å²) >= 11 is 0. The second-order valence-electron chi connectivity index (χ2n) is 9.85. The van der Waals surface area contributed by atoms with Gasteiger partial charge in [-0.25, -0.2) is 0 Å². The molecule has 1 aromatic carbocycles. The monoisotopic (exact) mass is 411 g/mol. The van der Waals surface area contributed by atoms with Crippen molar-refractivity contribution in [1.29, 1.82) is 0 Å². The molecule has 0 N–H and O–H groups in total. The first-order valence-corrected chi connectivity index (χ1v) is 11.8. The van der Waals surface area contributed by atoms with Gasteiger partial charge in [0, 0.05) is 19.1 Å². The van der Waals surface area contributed by atoms with Gasteiger partial charge in [-0.3, -0.25) is 9.69 Å². The molecule has 0 unspecified atom stereocenters. The van der Waals surface area contributed by atoms with Crippen molar-refractivity contribution < 1.29 is 4.79 Å². The molecule has 1 fully saturated rings. The molecule has 1 aliphatic carbocycles. The third kappa shape index (κ3) is 6.68. The lowest BCUT2D eigenvalue weighted by molar-refractivity contribution is -0.127. The lowest BCUT2D eigenvalue weighted by atomic mass is 9.94. The maximum Gasteiger partial charge on any atom is 0.246 e. The van der Waals surface area contributed by atoms with Crippen LogP contribution in [0.15, 0.2) is 36.4 Å². The number of fused-ring (bicyclic) bond motifs is 1. The zero-order chi connectivity index (χ0) is 21.5. The second-order valence-corrected chi connectivity index (χ2v) is 9.85. The van der Waals surface area contributed by atoms with Gasteiger partial charge >= 0.3 is 0 Å². The first kappa shape index (κ1) is 23.0. The molecule has 30 heavy (non-hydrogen) atoms. The van der Waals surface area contributed by atoms with Crippen LogP contribution in [0.25, 0.3) is 0 Å². The van der Waals surface area contributed by atoms with Crippen LogP contribution in [0.2, 0.25) is 0 Å². The number of rotatable bonds is 9. The molecular formula is C26H41N3O. The van der Waals surface area contributed by atoms with E-state index < -0.39 is 0 Å². The summed E-state index contributed by atoms with van der Waals surface area (Å²) in [5.41, 5.74) is 3.08. The molecular weight excluding hydrogens is 370 g/mol. The Morgan fingerprint density at radius 2 is 1.73 bits per heavy atom. The summed E-state index contributed by atoms with van der Waals surface area (Å²) in [6, 6.07) is 9.61. The van der Waals surface area contributed by atoms with E-state index in [-0.39, 0.29) is 5.91 Å². The van der Waals surface area contributed by atoms with Crippen molar-refractivity contribution in [2.45, 2.75) is 52.0 Å². The van der Waals surface area contributed by atoms with Crippen LogP contribution in [-0.2, 0) is 17.6 Å². The predicted molar refractivity (Wildman–Crippen MR) is 126 cm³/mol. The van der Waals surface area contributed by atoms with E-state index in [0.717, 1.165) is 26.1 Å². The summed E-state index contributed by atoms with van der Waals surface area (Å²) in [7, 11) is 4.20. The maximum atomic E-state index is 12.8. The number of amides is 1. The van der Waals surface area contributed by atoms with Crippen LogP contribution in [-0.4, -0.2) is 73.5 Å². The van der Waals surface area contributed by atoms with Crippen molar-refractivity contribution in [3.63, 3.8) is 0 Å². The summed E-state index contributed by atoms with van der Waals surface area (Å²) < 4.78 is 0. The number of allylic oxidation sites excluding steroid dienone is 1. The maximum absolute atomic E-state index is 12.8. The van der Waals surface area contributed by atoms with Gasteiger partial charge in [0.05, 0.1) is 0 Å². The van der Waals surface area contributed by atoms with Crippen molar-refractivity contribution in [2.75, 3.05) is 46.8 Å². The topological polar surface area (TPSA) is 26.8 Å². The molecule has 4 nitrogen and oxygen atoms in total. The van der Waals surface area contributed by atoms with Crippen molar-refractivity contribution in [3.05, 3.63) is 47.5 Å². The number of nitrogens with zero attached hydrogens (tertiary/aromatic N) is 3. The van der Waals surface area contributed by atoms with E-state index in [0.29, 0.717) is 17.9 Å². The average molecular weight is 412 g/mol. The lowest BCUT2D eigenvalue weighted by Gasteiger charge is -2.37. The van der Waals surface area contributed by atoms with Crippen molar-refractivity contribution in [1.82, 2.24) is 14.7 Å². The molecule has 166 valence electrons. The van der Waals surface area contributed by atoms with Gasteiger partial charge < -0.3 is 9.80 Å². The molecule has 0 aromatic heterocycles. The molecule has 1 saturated heterocycles. The molecule has 2 aliphatic rings. The molecule has 0 atom stereocenters. The summed E-state index contributed by atoms with van der Waals surface area (Å²) in [6.45, 7) is 9.38. The predicted octanol–water partition coefficient (Wildman–Crippen LogP) is 3.86. The largest absolute Gasteiger partial charge is 0.339 e. The Kier molecular flexibility index (Phi) is 8.52. The van der Waals surface area contributed by atoms with Crippen LogP contribution in [0.5, 0.6) is 0 Å². The second kappa shape index (κ2) is 11.1. The van der Waals surface area contributed by atoms with E-state index in [1.807, 2.05) is 6.08 Å². The van der Waals surface area contributed by atoms with Gasteiger partial charge in [0.25, 0.3) is 0 Å². The van der Waals surface area contributed by atoms with E-state index >= 15 is 0 Å². The van der Waals surface area contributed by atoms with Gasteiger partial charge in [-0.15, -0.1) is 0 Å². The van der Waals surface area contributed by atoms with Gasteiger partial charge in [0.15, 0.2) is 0 Å². The van der Waals surface area contributed by atoms with Gasteiger partial charge in [-0.1, -0.05) is 44.2 Å². The van der Waals surface area contributed by atoms with E-state index in [9.17, 15) is 4.79 Å². The standard InChI is InChI=1S/C26H41N3O/c1-21(2)10-11-26(30)29(15-7-14-27(3)4)20-22-12-16-28(17-13-22)25-18-23-8-5-6-9-24(23)19-25/h5-6,8-11,21-22,25H,7,12-20H2,1-4H3/b11-10+. The fraction of sp³-hybridized carbons (Fsp3) is 0.654. The highest BCUT2D eigenvalue weighted by Gasteiger charge is 2.30. The molecule has 1 aliphatic heterocycles. The van der Waals surface area contributed by atoms with Crippen LogP contribution in [0.4, 0.5) is 0 Å². The Morgan fingerprint density at radius 3 is 2.30 bits per heavy atom. The normalized spacial score (nSPS) is 18.6. The average Bonchev–Trinajstić information content (AvgIpc) is 3.15. The number of hydrogen-bond acceptors (Lipinski definition) is 3. The third-order valence-electron chi connectivity index (χ3n) is 6.64. The number of carbonyl (C=O) groups is 1. The smallest absolute Gasteiger partial charge is 0.246 e. The van der Waals surface area contributed by atoms with Gasteiger partial charge in [-0.05, 0) is 94.9 Å². The van der Waals surface area contributed by atoms with Gasteiger partial charge in [0.1, 0.15) is 0 Å². The Bertz CT molecular complexity index is 679. The fourth-order valence-electron chi connectivity index (χ4n) is 4.86. The zero-order valence-corrected chi connectivity index (χ0v) is 19.5. The highest BCUT2D eigenvalue weighted by Crippen LogP contribution is 2.29. The number of benzene rings is 1. The number of carbonyl (C=O) groups excluding carboxylic acids is 1.